The Labute approximate surface area is 105 Å². The molecule has 0 atom stereocenters. The molecule has 2 aromatic rings. The topological polar surface area (TPSA) is 12.0 Å². The Kier molecular flexibility index (Phi) is 4.42. The molecule has 94 valence electrons. The molecule has 18 heavy (non-hydrogen) atoms. The lowest BCUT2D eigenvalue weighted by Crippen LogP contribution is -2.18. The molecule has 0 spiro atoms. The van der Waals surface area contributed by atoms with Gasteiger partial charge in [-0.05, 0) is 30.7 Å². The SMILES string of the molecule is Fc1cccc(F)c1CNCCc1ccccc1. The molecular weight excluding hydrogens is 232 g/mol. The van der Waals surface area contributed by atoms with Gasteiger partial charge in [0.25, 0.3) is 0 Å². The third kappa shape index (κ3) is 3.37. The van der Waals surface area contributed by atoms with Crippen molar-refractivity contribution in [1.82, 2.24) is 5.32 Å². The second-order valence-electron chi connectivity index (χ2n) is 4.11. The highest BCUT2D eigenvalue weighted by Gasteiger charge is 2.06. The largest absolute Gasteiger partial charge is 0.312 e. The van der Waals surface area contributed by atoms with Crippen LogP contribution in [0.5, 0.6) is 0 Å². The van der Waals surface area contributed by atoms with Crippen molar-refractivity contribution < 1.29 is 8.78 Å². The predicted molar refractivity (Wildman–Crippen MR) is 68.2 cm³/mol. The highest BCUT2D eigenvalue weighted by molar-refractivity contribution is 5.19. The second-order valence-corrected chi connectivity index (χ2v) is 4.11. The van der Waals surface area contributed by atoms with Gasteiger partial charge in [-0.15, -0.1) is 0 Å². The molecule has 0 radical (unpaired) electrons. The predicted octanol–water partition coefficient (Wildman–Crippen LogP) is 3.30. The Hall–Kier alpha value is -1.74. The van der Waals surface area contributed by atoms with Gasteiger partial charge < -0.3 is 5.32 Å². The van der Waals surface area contributed by atoms with E-state index in [9.17, 15) is 8.78 Å². The molecule has 0 fully saturated rings. The summed E-state index contributed by atoms with van der Waals surface area (Å²) >= 11 is 0. The molecule has 0 amide bonds. The molecule has 0 aliphatic heterocycles. The van der Waals surface area contributed by atoms with Crippen molar-refractivity contribution in [3.8, 4) is 0 Å². The molecule has 0 saturated heterocycles. The van der Waals surface area contributed by atoms with Crippen molar-refractivity contribution in [3.05, 3.63) is 71.3 Å². The lowest BCUT2D eigenvalue weighted by atomic mass is 10.1. The number of rotatable bonds is 5. The number of halogens is 2. The number of benzene rings is 2. The minimum atomic E-state index is -0.498. The van der Waals surface area contributed by atoms with Crippen LogP contribution in [0.15, 0.2) is 48.5 Å². The van der Waals surface area contributed by atoms with E-state index in [0.29, 0.717) is 6.54 Å². The Balaban J connectivity index is 1.82. The molecule has 3 heteroatoms. The van der Waals surface area contributed by atoms with Crippen LogP contribution in [-0.4, -0.2) is 6.54 Å². The van der Waals surface area contributed by atoms with E-state index in [-0.39, 0.29) is 12.1 Å². The zero-order chi connectivity index (χ0) is 12.8. The Morgan fingerprint density at radius 3 is 2.17 bits per heavy atom. The van der Waals surface area contributed by atoms with Gasteiger partial charge in [0.1, 0.15) is 11.6 Å². The summed E-state index contributed by atoms with van der Waals surface area (Å²) in [7, 11) is 0. The Morgan fingerprint density at radius 2 is 1.50 bits per heavy atom. The fourth-order valence-electron chi connectivity index (χ4n) is 1.79. The van der Waals surface area contributed by atoms with Crippen molar-refractivity contribution >= 4 is 0 Å². The van der Waals surface area contributed by atoms with E-state index in [0.717, 1.165) is 6.42 Å². The maximum atomic E-state index is 13.3. The van der Waals surface area contributed by atoms with Gasteiger partial charge in [-0.3, -0.25) is 0 Å². The molecule has 0 bridgehead atoms. The van der Waals surface area contributed by atoms with Crippen LogP contribution in [-0.2, 0) is 13.0 Å². The van der Waals surface area contributed by atoms with Crippen molar-refractivity contribution in [2.24, 2.45) is 0 Å². The quantitative estimate of drug-likeness (QED) is 0.799. The summed E-state index contributed by atoms with van der Waals surface area (Å²) in [6.07, 6.45) is 0.844. The van der Waals surface area contributed by atoms with Crippen LogP contribution in [0.2, 0.25) is 0 Å². The molecular formula is C15H15F2N. The van der Waals surface area contributed by atoms with Crippen molar-refractivity contribution in [2.45, 2.75) is 13.0 Å². The molecule has 2 aromatic carbocycles. The minimum Gasteiger partial charge on any atom is -0.312 e. The van der Waals surface area contributed by atoms with E-state index in [1.807, 2.05) is 30.3 Å². The summed E-state index contributed by atoms with van der Waals surface area (Å²) in [6.45, 7) is 0.906. The summed E-state index contributed by atoms with van der Waals surface area (Å²) in [4.78, 5) is 0. The summed E-state index contributed by atoms with van der Waals surface area (Å²) in [5, 5.41) is 3.05. The van der Waals surface area contributed by atoms with E-state index in [2.05, 4.69) is 5.32 Å². The minimum absolute atomic E-state index is 0.102. The molecule has 0 aliphatic rings. The monoisotopic (exact) mass is 247 g/mol. The smallest absolute Gasteiger partial charge is 0.130 e. The molecule has 1 nitrogen and oxygen atoms in total. The summed E-state index contributed by atoms with van der Waals surface area (Å²) in [5.74, 6) is -0.996. The van der Waals surface area contributed by atoms with Crippen LogP contribution in [0.4, 0.5) is 8.78 Å². The van der Waals surface area contributed by atoms with Crippen LogP contribution >= 0.6 is 0 Å². The van der Waals surface area contributed by atoms with E-state index in [4.69, 9.17) is 0 Å². The lowest BCUT2D eigenvalue weighted by molar-refractivity contribution is 0.536. The molecule has 0 heterocycles. The molecule has 1 N–H and O–H groups in total. The Bertz CT molecular complexity index is 477. The maximum absolute atomic E-state index is 13.3. The molecule has 2 rings (SSSR count). The molecule has 0 unspecified atom stereocenters. The number of nitrogens with one attached hydrogen (secondary N) is 1. The van der Waals surface area contributed by atoms with Gasteiger partial charge in [0.2, 0.25) is 0 Å². The highest BCUT2D eigenvalue weighted by atomic mass is 19.1. The number of hydrogen-bond donors (Lipinski definition) is 1. The maximum Gasteiger partial charge on any atom is 0.130 e. The van der Waals surface area contributed by atoms with Gasteiger partial charge in [0.05, 0.1) is 0 Å². The van der Waals surface area contributed by atoms with Crippen LogP contribution in [0.25, 0.3) is 0 Å². The summed E-state index contributed by atoms with van der Waals surface area (Å²) in [5.41, 5.74) is 1.31. The van der Waals surface area contributed by atoms with Crippen molar-refractivity contribution in [1.29, 1.82) is 0 Å². The standard InChI is InChI=1S/C15H15F2N/c16-14-7-4-8-15(17)13(14)11-18-10-9-12-5-2-1-3-6-12/h1-8,18H,9-11H2. The van der Waals surface area contributed by atoms with Gasteiger partial charge in [0, 0.05) is 12.1 Å². The summed E-state index contributed by atoms with van der Waals surface area (Å²) in [6, 6.07) is 13.9. The summed E-state index contributed by atoms with van der Waals surface area (Å²) < 4.78 is 26.6. The fourth-order valence-corrected chi connectivity index (χ4v) is 1.79. The van der Waals surface area contributed by atoms with Gasteiger partial charge in [-0.1, -0.05) is 36.4 Å². The first-order chi connectivity index (χ1) is 8.77. The van der Waals surface area contributed by atoms with Crippen LogP contribution in [0, 0.1) is 11.6 Å². The fraction of sp³-hybridized carbons (Fsp3) is 0.200. The van der Waals surface area contributed by atoms with E-state index < -0.39 is 11.6 Å². The van der Waals surface area contributed by atoms with Crippen molar-refractivity contribution in [2.75, 3.05) is 6.54 Å². The normalized spacial score (nSPS) is 10.6. The Morgan fingerprint density at radius 1 is 0.833 bits per heavy atom. The van der Waals surface area contributed by atoms with Crippen LogP contribution < -0.4 is 5.32 Å². The van der Waals surface area contributed by atoms with E-state index in [1.165, 1.54) is 23.8 Å². The van der Waals surface area contributed by atoms with Crippen molar-refractivity contribution in [3.63, 3.8) is 0 Å². The zero-order valence-corrected chi connectivity index (χ0v) is 10.00. The first-order valence-corrected chi connectivity index (χ1v) is 5.95. The molecule has 0 saturated carbocycles. The van der Waals surface area contributed by atoms with Gasteiger partial charge in [-0.25, -0.2) is 8.78 Å². The average Bonchev–Trinajstić information content (AvgIpc) is 2.38. The first-order valence-electron chi connectivity index (χ1n) is 5.95. The lowest BCUT2D eigenvalue weighted by Gasteiger charge is -2.07. The highest BCUT2D eigenvalue weighted by Crippen LogP contribution is 2.11. The zero-order valence-electron chi connectivity index (χ0n) is 10.00. The first kappa shape index (κ1) is 12.7. The van der Waals surface area contributed by atoms with Gasteiger partial charge >= 0.3 is 0 Å². The second kappa shape index (κ2) is 6.26. The molecule has 0 aromatic heterocycles. The third-order valence-corrected chi connectivity index (χ3v) is 2.80. The van der Waals surface area contributed by atoms with Crippen LogP contribution in [0.1, 0.15) is 11.1 Å². The third-order valence-electron chi connectivity index (χ3n) is 2.80. The average molecular weight is 247 g/mol. The van der Waals surface area contributed by atoms with Gasteiger partial charge in [0.15, 0.2) is 0 Å². The van der Waals surface area contributed by atoms with Gasteiger partial charge in [-0.2, -0.15) is 0 Å². The number of hydrogen-bond acceptors (Lipinski definition) is 1. The molecule has 0 aliphatic carbocycles. The van der Waals surface area contributed by atoms with E-state index in [1.54, 1.807) is 0 Å². The van der Waals surface area contributed by atoms with Crippen LogP contribution in [0.3, 0.4) is 0 Å². The van der Waals surface area contributed by atoms with E-state index >= 15 is 0 Å².